The molecule has 98 valence electrons. The topological polar surface area (TPSA) is 27.6 Å². The van der Waals surface area contributed by atoms with Crippen molar-refractivity contribution in [3.8, 4) is 12.3 Å². The summed E-state index contributed by atoms with van der Waals surface area (Å²) in [5, 5.41) is 3.34. The molecule has 5 heteroatoms. The fourth-order valence-corrected chi connectivity index (χ4v) is 2.18. The fourth-order valence-electron chi connectivity index (χ4n) is 1.70. The van der Waals surface area contributed by atoms with Gasteiger partial charge in [0.15, 0.2) is 5.96 Å². The number of thioether (sulfide) groups is 1. The molecule has 1 aliphatic heterocycles. The van der Waals surface area contributed by atoms with Gasteiger partial charge in [-0.05, 0) is 19.8 Å². The highest BCUT2D eigenvalue weighted by molar-refractivity contribution is 14.0. The van der Waals surface area contributed by atoms with Gasteiger partial charge in [0.05, 0.1) is 12.3 Å². The fraction of sp³-hybridized carbons (Fsp3) is 0.750. The summed E-state index contributed by atoms with van der Waals surface area (Å²) in [4.78, 5) is 6.95. The van der Waals surface area contributed by atoms with Crippen molar-refractivity contribution in [2.75, 3.05) is 37.7 Å². The minimum Gasteiger partial charge on any atom is -0.357 e. The molecule has 1 heterocycles. The third-order valence-corrected chi connectivity index (χ3v) is 3.27. The van der Waals surface area contributed by atoms with Crippen LogP contribution in [0.1, 0.15) is 19.8 Å². The number of hydrogen-bond acceptors (Lipinski definition) is 2. The molecule has 0 spiro atoms. The summed E-state index contributed by atoms with van der Waals surface area (Å²) < 4.78 is 0. The second-order valence-corrected chi connectivity index (χ2v) is 4.79. The Balaban J connectivity index is 0.00000256. The molecule has 0 atom stereocenters. The van der Waals surface area contributed by atoms with Gasteiger partial charge in [0.2, 0.25) is 0 Å². The van der Waals surface area contributed by atoms with Gasteiger partial charge in [-0.3, -0.25) is 4.99 Å². The van der Waals surface area contributed by atoms with E-state index in [-0.39, 0.29) is 24.0 Å². The molecule has 1 fully saturated rings. The van der Waals surface area contributed by atoms with Crippen LogP contribution in [0.25, 0.3) is 0 Å². The van der Waals surface area contributed by atoms with Crippen LogP contribution in [0.15, 0.2) is 4.99 Å². The lowest BCUT2D eigenvalue weighted by Crippen LogP contribution is -2.39. The first-order valence-electron chi connectivity index (χ1n) is 5.93. The zero-order chi connectivity index (χ0) is 11.6. The largest absolute Gasteiger partial charge is 0.357 e. The Bertz CT molecular complexity index is 257. The normalized spacial score (nSPS) is 15.3. The standard InChI is InChI=1S/C12H21N3S.HI/c1-3-10-16-11-7-14-12(13-4-2)15-8-5-6-9-15;/h1H,4-11H2,2H3,(H,13,14);1H. The monoisotopic (exact) mass is 367 g/mol. The van der Waals surface area contributed by atoms with Crippen LogP contribution in [0.2, 0.25) is 0 Å². The van der Waals surface area contributed by atoms with E-state index in [0.717, 1.165) is 43.6 Å². The van der Waals surface area contributed by atoms with Gasteiger partial charge >= 0.3 is 0 Å². The van der Waals surface area contributed by atoms with E-state index in [2.05, 4.69) is 28.1 Å². The lowest BCUT2D eigenvalue weighted by Gasteiger charge is -2.20. The highest BCUT2D eigenvalue weighted by Crippen LogP contribution is 2.07. The van der Waals surface area contributed by atoms with Gasteiger partial charge in [0, 0.05) is 25.4 Å². The number of aliphatic imine (C=N–C) groups is 1. The Labute approximate surface area is 126 Å². The van der Waals surface area contributed by atoms with Crippen LogP contribution in [0.5, 0.6) is 0 Å². The maximum absolute atomic E-state index is 5.19. The number of hydrogen-bond donors (Lipinski definition) is 1. The summed E-state index contributed by atoms with van der Waals surface area (Å²) >= 11 is 1.77. The van der Waals surface area contributed by atoms with Crippen molar-refractivity contribution < 1.29 is 0 Å². The Kier molecular flexibility index (Phi) is 11.0. The summed E-state index contributed by atoms with van der Waals surface area (Å²) in [5.74, 6) is 5.49. The molecule has 1 saturated heterocycles. The molecule has 0 aromatic rings. The molecule has 3 nitrogen and oxygen atoms in total. The first kappa shape index (κ1) is 16.9. The molecule has 0 amide bonds. The lowest BCUT2D eigenvalue weighted by molar-refractivity contribution is 0.494. The van der Waals surface area contributed by atoms with E-state index >= 15 is 0 Å². The number of likely N-dealkylation sites (tertiary alicyclic amines) is 1. The summed E-state index contributed by atoms with van der Waals surface area (Å²) in [5.41, 5.74) is 0. The van der Waals surface area contributed by atoms with Crippen molar-refractivity contribution >= 4 is 41.7 Å². The molecular formula is C12H22IN3S. The van der Waals surface area contributed by atoms with Gasteiger partial charge in [-0.2, -0.15) is 0 Å². The van der Waals surface area contributed by atoms with Crippen molar-refractivity contribution in [1.29, 1.82) is 0 Å². The predicted molar refractivity (Wildman–Crippen MR) is 88.4 cm³/mol. The van der Waals surface area contributed by atoms with Gasteiger partial charge < -0.3 is 10.2 Å². The number of terminal acetylenes is 1. The van der Waals surface area contributed by atoms with Gasteiger partial charge in [0.25, 0.3) is 0 Å². The number of nitrogens with one attached hydrogen (secondary N) is 1. The van der Waals surface area contributed by atoms with Crippen LogP contribution in [-0.2, 0) is 0 Å². The molecule has 0 aromatic heterocycles. The van der Waals surface area contributed by atoms with Gasteiger partial charge in [0.1, 0.15) is 0 Å². The molecule has 0 saturated carbocycles. The summed E-state index contributed by atoms with van der Waals surface area (Å²) in [6.07, 6.45) is 7.77. The van der Waals surface area contributed by atoms with Crippen molar-refractivity contribution in [2.24, 2.45) is 4.99 Å². The Hall–Kier alpha value is -0.0900. The van der Waals surface area contributed by atoms with Gasteiger partial charge in [-0.1, -0.05) is 5.92 Å². The molecule has 17 heavy (non-hydrogen) atoms. The molecule has 0 unspecified atom stereocenters. The maximum Gasteiger partial charge on any atom is 0.193 e. The van der Waals surface area contributed by atoms with Crippen molar-refractivity contribution in [3.63, 3.8) is 0 Å². The zero-order valence-electron chi connectivity index (χ0n) is 10.4. The first-order chi connectivity index (χ1) is 7.88. The average Bonchev–Trinajstić information content (AvgIpc) is 2.81. The van der Waals surface area contributed by atoms with Crippen molar-refractivity contribution in [1.82, 2.24) is 10.2 Å². The van der Waals surface area contributed by atoms with E-state index in [9.17, 15) is 0 Å². The molecule has 0 radical (unpaired) electrons. The molecule has 1 aliphatic rings. The number of halogens is 1. The molecule has 0 aromatic carbocycles. The zero-order valence-corrected chi connectivity index (χ0v) is 13.6. The Morgan fingerprint density at radius 1 is 1.47 bits per heavy atom. The van der Waals surface area contributed by atoms with Crippen LogP contribution >= 0.6 is 35.7 Å². The molecular weight excluding hydrogens is 345 g/mol. The quantitative estimate of drug-likeness (QED) is 0.265. The van der Waals surface area contributed by atoms with Crippen molar-refractivity contribution in [2.45, 2.75) is 19.8 Å². The molecule has 1 N–H and O–H groups in total. The van der Waals surface area contributed by atoms with Gasteiger partial charge in [-0.15, -0.1) is 42.2 Å². The van der Waals surface area contributed by atoms with E-state index in [1.54, 1.807) is 11.8 Å². The SMILES string of the molecule is C#CCSCCN=C(NCC)N1CCCC1.I. The summed E-state index contributed by atoms with van der Waals surface area (Å²) in [6.45, 7) is 6.18. The second kappa shape index (κ2) is 11.0. The third-order valence-electron chi connectivity index (χ3n) is 2.42. The van der Waals surface area contributed by atoms with E-state index in [1.807, 2.05) is 0 Å². The van der Waals surface area contributed by atoms with Crippen LogP contribution in [-0.4, -0.2) is 48.5 Å². The van der Waals surface area contributed by atoms with Crippen LogP contribution < -0.4 is 5.32 Å². The molecule has 0 aliphatic carbocycles. The van der Waals surface area contributed by atoms with Crippen LogP contribution in [0.3, 0.4) is 0 Å². The minimum atomic E-state index is 0. The molecule has 0 bridgehead atoms. The van der Waals surface area contributed by atoms with E-state index < -0.39 is 0 Å². The summed E-state index contributed by atoms with van der Waals surface area (Å²) in [6, 6.07) is 0. The van der Waals surface area contributed by atoms with E-state index in [1.165, 1.54) is 12.8 Å². The highest BCUT2D eigenvalue weighted by atomic mass is 127. The van der Waals surface area contributed by atoms with Crippen molar-refractivity contribution in [3.05, 3.63) is 0 Å². The second-order valence-electron chi connectivity index (χ2n) is 3.69. The average molecular weight is 367 g/mol. The first-order valence-corrected chi connectivity index (χ1v) is 7.08. The smallest absolute Gasteiger partial charge is 0.193 e. The number of guanidine groups is 1. The molecule has 1 rings (SSSR count). The minimum absolute atomic E-state index is 0. The lowest BCUT2D eigenvalue weighted by atomic mass is 10.4. The maximum atomic E-state index is 5.19. The van der Waals surface area contributed by atoms with Crippen LogP contribution in [0, 0.1) is 12.3 Å². The Morgan fingerprint density at radius 3 is 2.76 bits per heavy atom. The van der Waals surface area contributed by atoms with E-state index in [0.29, 0.717) is 0 Å². The number of nitrogens with zero attached hydrogens (tertiary/aromatic N) is 2. The van der Waals surface area contributed by atoms with Gasteiger partial charge in [-0.25, -0.2) is 0 Å². The highest BCUT2D eigenvalue weighted by Gasteiger charge is 2.14. The number of rotatable bonds is 5. The van der Waals surface area contributed by atoms with Crippen LogP contribution in [0.4, 0.5) is 0 Å². The summed E-state index contributed by atoms with van der Waals surface area (Å²) in [7, 11) is 0. The third kappa shape index (κ3) is 7.04. The van der Waals surface area contributed by atoms with E-state index in [4.69, 9.17) is 6.42 Å². The predicted octanol–water partition coefficient (Wildman–Crippen LogP) is 2.03. The Morgan fingerprint density at radius 2 is 2.18 bits per heavy atom.